The van der Waals surface area contributed by atoms with Gasteiger partial charge in [-0.3, -0.25) is 9.25 Å². The molecule has 9 nitrogen and oxygen atoms in total. The zero-order valence-electron chi connectivity index (χ0n) is 17.4. The Bertz CT molecular complexity index is 1330. The molecule has 9 heteroatoms. The number of imidazole rings is 1. The van der Waals surface area contributed by atoms with Crippen LogP contribution in [-0.2, 0) is 13.6 Å². The van der Waals surface area contributed by atoms with E-state index in [0.29, 0.717) is 35.1 Å². The van der Waals surface area contributed by atoms with Crippen LogP contribution in [0.3, 0.4) is 0 Å². The number of benzene rings is 1. The highest BCUT2D eigenvalue weighted by Crippen LogP contribution is 2.27. The summed E-state index contributed by atoms with van der Waals surface area (Å²) in [7, 11) is 3.36. The molecule has 0 aliphatic heterocycles. The zero-order chi connectivity index (χ0) is 22.0. The van der Waals surface area contributed by atoms with E-state index in [9.17, 15) is 4.79 Å². The lowest BCUT2D eigenvalue weighted by Crippen LogP contribution is -2.27. The van der Waals surface area contributed by atoms with Gasteiger partial charge in [-0.25, -0.2) is 14.2 Å². The number of allylic oxidation sites excluding steroid dienone is 1. The average molecular weight is 417 g/mol. The van der Waals surface area contributed by atoms with Gasteiger partial charge in [0.2, 0.25) is 0 Å². The van der Waals surface area contributed by atoms with Gasteiger partial charge in [0.25, 0.3) is 5.88 Å². The number of anilines is 3. The van der Waals surface area contributed by atoms with E-state index in [1.807, 2.05) is 31.3 Å². The zero-order valence-corrected chi connectivity index (χ0v) is 17.4. The summed E-state index contributed by atoms with van der Waals surface area (Å²) in [5.74, 6) is 0.450. The van der Waals surface area contributed by atoms with Crippen molar-refractivity contribution in [3.8, 4) is 5.88 Å². The number of nitrogens with zero attached hydrogens (tertiary/aromatic N) is 5. The second kappa shape index (κ2) is 8.23. The highest BCUT2D eigenvalue weighted by molar-refractivity contribution is 5.74. The number of hydrogen-bond donors (Lipinski definition) is 2. The van der Waals surface area contributed by atoms with Crippen LogP contribution in [-0.4, -0.2) is 30.8 Å². The van der Waals surface area contributed by atoms with Gasteiger partial charge in [-0.05, 0) is 23.8 Å². The van der Waals surface area contributed by atoms with Gasteiger partial charge in [0.05, 0.1) is 25.5 Å². The summed E-state index contributed by atoms with van der Waals surface area (Å²) in [5, 5.41) is 10.7. The van der Waals surface area contributed by atoms with Gasteiger partial charge in [-0.15, -0.1) is 5.10 Å². The molecule has 31 heavy (non-hydrogen) atoms. The highest BCUT2D eigenvalue weighted by atomic mass is 16.5. The molecule has 0 atom stereocenters. The van der Waals surface area contributed by atoms with Crippen LogP contribution in [0.4, 0.5) is 17.1 Å². The first-order chi connectivity index (χ1) is 15.0. The van der Waals surface area contributed by atoms with E-state index in [1.54, 1.807) is 47.2 Å². The number of aryl methyl sites for hydroxylation is 1. The van der Waals surface area contributed by atoms with Crippen molar-refractivity contribution in [2.75, 3.05) is 17.7 Å². The SMILES string of the molecule is C=CC(=C)Nc1cccc(Cn2cc(Nc3cn(C)nc3OC)c3nccn3c2=O)c1. The van der Waals surface area contributed by atoms with Crippen molar-refractivity contribution < 1.29 is 4.74 Å². The molecule has 158 valence electrons. The molecule has 0 radical (unpaired) electrons. The van der Waals surface area contributed by atoms with Crippen molar-refractivity contribution in [2.45, 2.75) is 6.54 Å². The Morgan fingerprint density at radius 3 is 2.90 bits per heavy atom. The Morgan fingerprint density at radius 2 is 2.13 bits per heavy atom. The fraction of sp³-hybridized carbons (Fsp3) is 0.136. The van der Waals surface area contributed by atoms with Crippen molar-refractivity contribution in [3.63, 3.8) is 0 Å². The molecule has 0 unspecified atom stereocenters. The monoisotopic (exact) mass is 417 g/mol. The van der Waals surface area contributed by atoms with Gasteiger partial charge < -0.3 is 15.4 Å². The summed E-state index contributed by atoms with van der Waals surface area (Å²) in [6.45, 7) is 7.95. The first kappa shape index (κ1) is 20.0. The smallest absolute Gasteiger partial charge is 0.334 e. The van der Waals surface area contributed by atoms with E-state index in [1.165, 1.54) is 4.40 Å². The number of ether oxygens (including phenoxy) is 1. The molecule has 0 aliphatic carbocycles. The Balaban J connectivity index is 1.71. The summed E-state index contributed by atoms with van der Waals surface area (Å²) < 4.78 is 10.1. The van der Waals surface area contributed by atoms with E-state index < -0.39 is 0 Å². The van der Waals surface area contributed by atoms with Crippen molar-refractivity contribution in [3.05, 3.63) is 90.0 Å². The maximum atomic E-state index is 13.0. The predicted molar refractivity (Wildman–Crippen MR) is 121 cm³/mol. The first-order valence-electron chi connectivity index (χ1n) is 9.57. The second-order valence-electron chi connectivity index (χ2n) is 6.98. The molecular weight excluding hydrogens is 394 g/mol. The van der Waals surface area contributed by atoms with Crippen LogP contribution in [0.5, 0.6) is 5.88 Å². The number of methoxy groups -OCH3 is 1. The largest absolute Gasteiger partial charge is 0.478 e. The van der Waals surface area contributed by atoms with Crippen LogP contribution in [0, 0.1) is 0 Å². The summed E-state index contributed by atoms with van der Waals surface area (Å²) in [5.41, 5.74) is 4.19. The van der Waals surface area contributed by atoms with Gasteiger partial charge in [0, 0.05) is 37.0 Å². The van der Waals surface area contributed by atoms with Gasteiger partial charge in [-0.2, -0.15) is 0 Å². The summed E-state index contributed by atoms with van der Waals surface area (Å²) in [6, 6.07) is 7.79. The second-order valence-corrected chi connectivity index (χ2v) is 6.98. The van der Waals surface area contributed by atoms with E-state index in [0.717, 1.165) is 11.3 Å². The van der Waals surface area contributed by atoms with E-state index in [-0.39, 0.29) is 5.69 Å². The van der Waals surface area contributed by atoms with Crippen molar-refractivity contribution in [1.29, 1.82) is 0 Å². The third-order valence-corrected chi connectivity index (χ3v) is 4.71. The molecule has 3 heterocycles. The minimum absolute atomic E-state index is 0.190. The van der Waals surface area contributed by atoms with Crippen molar-refractivity contribution >= 4 is 22.7 Å². The van der Waals surface area contributed by atoms with Crippen LogP contribution >= 0.6 is 0 Å². The standard InChI is InChI=1S/C22H23N7O2/c1-5-15(2)24-17-8-6-7-16(11-17)12-28-14-18(20-23-9-10-29(20)22(28)30)25-19-13-27(3)26-21(19)31-4/h5-11,13-14,24-25H,1-2,12H2,3-4H3. The molecule has 4 aromatic rings. The third-order valence-electron chi connectivity index (χ3n) is 4.71. The molecule has 4 rings (SSSR count). The normalized spacial score (nSPS) is 10.8. The Morgan fingerprint density at radius 1 is 1.29 bits per heavy atom. The lowest BCUT2D eigenvalue weighted by atomic mass is 10.2. The predicted octanol–water partition coefficient (Wildman–Crippen LogP) is 3.14. The molecule has 0 saturated carbocycles. The average Bonchev–Trinajstić information content (AvgIpc) is 3.38. The molecule has 0 saturated heterocycles. The van der Waals surface area contributed by atoms with Crippen LogP contribution in [0.1, 0.15) is 5.56 Å². The third kappa shape index (κ3) is 4.06. The number of aromatic nitrogens is 5. The lowest BCUT2D eigenvalue weighted by molar-refractivity contribution is 0.393. The van der Waals surface area contributed by atoms with Gasteiger partial charge in [-0.1, -0.05) is 25.3 Å². The fourth-order valence-corrected chi connectivity index (χ4v) is 3.30. The first-order valence-corrected chi connectivity index (χ1v) is 9.57. The molecule has 0 aliphatic rings. The lowest BCUT2D eigenvalue weighted by Gasteiger charge is -2.13. The topological polar surface area (TPSA) is 90.4 Å². The summed E-state index contributed by atoms with van der Waals surface area (Å²) in [6.07, 6.45) is 8.44. The Kier molecular flexibility index (Phi) is 5.31. The molecule has 0 fully saturated rings. The van der Waals surface area contributed by atoms with Crippen LogP contribution in [0.2, 0.25) is 0 Å². The minimum Gasteiger partial charge on any atom is -0.478 e. The number of rotatable bonds is 8. The molecule has 2 N–H and O–H groups in total. The molecule has 0 spiro atoms. The summed E-state index contributed by atoms with van der Waals surface area (Å²) in [4.78, 5) is 17.3. The Labute approximate surface area is 178 Å². The van der Waals surface area contributed by atoms with Crippen molar-refractivity contribution in [1.82, 2.24) is 23.7 Å². The van der Waals surface area contributed by atoms with E-state index in [4.69, 9.17) is 4.74 Å². The number of nitrogens with one attached hydrogen (secondary N) is 2. The van der Waals surface area contributed by atoms with E-state index >= 15 is 0 Å². The van der Waals surface area contributed by atoms with Crippen LogP contribution in [0.15, 0.2) is 78.8 Å². The van der Waals surface area contributed by atoms with E-state index in [2.05, 4.69) is 33.9 Å². The molecule has 0 amide bonds. The fourth-order valence-electron chi connectivity index (χ4n) is 3.30. The molecule has 3 aromatic heterocycles. The molecule has 0 bridgehead atoms. The quantitative estimate of drug-likeness (QED) is 0.428. The summed E-state index contributed by atoms with van der Waals surface area (Å²) >= 11 is 0. The van der Waals surface area contributed by atoms with Gasteiger partial charge in [0.15, 0.2) is 5.65 Å². The highest BCUT2D eigenvalue weighted by Gasteiger charge is 2.14. The minimum atomic E-state index is -0.190. The van der Waals surface area contributed by atoms with Crippen LogP contribution in [0.25, 0.3) is 5.65 Å². The maximum Gasteiger partial charge on any atom is 0.334 e. The van der Waals surface area contributed by atoms with Gasteiger partial charge >= 0.3 is 5.69 Å². The van der Waals surface area contributed by atoms with Crippen LogP contribution < -0.4 is 21.1 Å². The molecular formula is C22H23N7O2. The van der Waals surface area contributed by atoms with Crippen molar-refractivity contribution in [2.24, 2.45) is 7.05 Å². The number of hydrogen-bond acceptors (Lipinski definition) is 6. The maximum absolute atomic E-state index is 13.0. The molecule has 1 aromatic carbocycles. The number of fused-ring (bicyclic) bond motifs is 1. The van der Waals surface area contributed by atoms with Gasteiger partial charge in [0.1, 0.15) is 5.69 Å². The Hall–Kier alpha value is -4.27.